The number of esters is 2. The molecule has 0 amide bonds. The van der Waals surface area contributed by atoms with Crippen LogP contribution in [0.25, 0.3) is 0 Å². The molecule has 0 aliphatic carbocycles. The van der Waals surface area contributed by atoms with Gasteiger partial charge in [0, 0.05) is 69.5 Å². The van der Waals surface area contributed by atoms with Gasteiger partial charge in [-0.25, -0.2) is 4.79 Å². The molecule has 18 atom stereocenters. The highest BCUT2D eigenvalue weighted by Gasteiger charge is 2.53. The quantitative estimate of drug-likeness (QED) is 0.112. The Balaban J connectivity index is 1.37. The van der Waals surface area contributed by atoms with Gasteiger partial charge in [-0.3, -0.25) is 14.3 Å². The Labute approximate surface area is 424 Å². The van der Waals surface area contributed by atoms with Crippen LogP contribution in [-0.4, -0.2) is 181 Å². The number of benzene rings is 1. The van der Waals surface area contributed by atoms with Crippen LogP contribution in [-0.2, 0) is 55.7 Å². The molecule has 3 saturated heterocycles. The highest BCUT2D eigenvalue weighted by Crippen LogP contribution is 2.41. The van der Waals surface area contributed by atoms with Crippen molar-refractivity contribution in [2.75, 3.05) is 33.9 Å². The second-order valence-corrected chi connectivity index (χ2v) is 21.1. The maximum atomic E-state index is 14.4. The number of hydrogen-bond donors (Lipinski definition) is 5. The summed E-state index contributed by atoms with van der Waals surface area (Å²) in [6.07, 6.45) is -7.73. The number of hydrogen-bond acceptors (Lipinski definition) is 19. The number of carbonyl (C=O) groups is 3. The van der Waals surface area contributed by atoms with Gasteiger partial charge in [-0.1, -0.05) is 45.0 Å². The molecule has 20 nitrogen and oxygen atoms in total. The molecule has 1 aromatic carbocycles. The van der Waals surface area contributed by atoms with E-state index >= 15 is 0 Å². The summed E-state index contributed by atoms with van der Waals surface area (Å²) in [5.41, 5.74) is -3.92. The van der Waals surface area contributed by atoms with Crippen molar-refractivity contribution in [3.05, 3.63) is 41.7 Å². The third-order valence-electron chi connectivity index (χ3n) is 15.2. The van der Waals surface area contributed by atoms with Gasteiger partial charge in [-0.05, 0) is 86.9 Å². The first-order chi connectivity index (χ1) is 33.8. The smallest absolute Gasteiger partial charge is 0.341 e. The second kappa shape index (κ2) is 25.2. The molecule has 4 heterocycles. The Hall–Kier alpha value is -3.67. The van der Waals surface area contributed by atoms with E-state index in [-0.39, 0.29) is 25.9 Å². The highest BCUT2D eigenvalue weighted by molar-refractivity contribution is 5.92. The lowest BCUT2D eigenvalue weighted by Gasteiger charge is -2.49. The van der Waals surface area contributed by atoms with Crippen molar-refractivity contribution in [3.8, 4) is 5.75 Å². The van der Waals surface area contributed by atoms with E-state index in [0.29, 0.717) is 50.3 Å². The molecule has 3 aliphatic heterocycles. The lowest BCUT2D eigenvalue weighted by Crippen LogP contribution is -2.61. The van der Waals surface area contributed by atoms with Gasteiger partial charge in [0.15, 0.2) is 12.6 Å². The van der Waals surface area contributed by atoms with Gasteiger partial charge < -0.3 is 68.3 Å². The number of nitrogens with zero attached hydrogens (tertiary/aromatic N) is 4. The minimum absolute atomic E-state index is 0.0559. The van der Waals surface area contributed by atoms with E-state index in [1.807, 2.05) is 25.1 Å². The molecule has 0 saturated carbocycles. The van der Waals surface area contributed by atoms with E-state index in [9.17, 15) is 39.9 Å². The molecule has 2 aromatic rings. The summed E-state index contributed by atoms with van der Waals surface area (Å²) in [7, 11) is 3.36. The molecule has 20 heteroatoms. The molecular formula is C52H84N4O16. The first kappa shape index (κ1) is 59.2. The van der Waals surface area contributed by atoms with E-state index in [0.717, 1.165) is 5.69 Å². The zero-order valence-electron chi connectivity index (χ0n) is 44.6. The lowest BCUT2D eigenvalue weighted by atomic mass is 9.74. The van der Waals surface area contributed by atoms with Crippen molar-refractivity contribution in [3.63, 3.8) is 0 Å². The number of aryl methyl sites for hydroxylation is 1. The number of carbonyl (C=O) groups excluding carboxylic acids is 3. The Morgan fingerprint density at radius 1 is 0.944 bits per heavy atom. The number of para-hydroxylation sites is 1. The molecular weight excluding hydrogens is 937 g/mol. The number of aliphatic hydroxyl groups excluding tert-OH is 3. The molecule has 408 valence electrons. The van der Waals surface area contributed by atoms with Crippen LogP contribution in [0.4, 0.5) is 0 Å². The van der Waals surface area contributed by atoms with Crippen LogP contribution in [0.3, 0.4) is 0 Å². The van der Waals surface area contributed by atoms with Gasteiger partial charge in [0.25, 0.3) is 0 Å². The molecule has 3 fully saturated rings. The highest BCUT2D eigenvalue weighted by atomic mass is 16.7. The Bertz CT molecular complexity index is 2070. The van der Waals surface area contributed by atoms with E-state index in [2.05, 4.69) is 10.3 Å². The van der Waals surface area contributed by atoms with Crippen LogP contribution in [0, 0.1) is 23.7 Å². The van der Waals surface area contributed by atoms with E-state index < -0.39 is 126 Å². The van der Waals surface area contributed by atoms with Gasteiger partial charge in [0.05, 0.1) is 66.5 Å². The summed E-state index contributed by atoms with van der Waals surface area (Å²) in [4.78, 5) is 42.8. The van der Waals surface area contributed by atoms with Gasteiger partial charge in [0.2, 0.25) is 0 Å². The zero-order valence-corrected chi connectivity index (χ0v) is 44.6. The number of rotatable bonds is 17. The number of cyclic esters (lactones) is 1. The Morgan fingerprint density at radius 3 is 2.31 bits per heavy atom. The van der Waals surface area contributed by atoms with Gasteiger partial charge in [0.1, 0.15) is 41.0 Å². The molecule has 0 radical (unpaired) electrons. The number of aromatic nitrogens is 3. The summed E-state index contributed by atoms with van der Waals surface area (Å²) in [5.74, 6) is -5.28. The molecule has 72 heavy (non-hydrogen) atoms. The van der Waals surface area contributed by atoms with Crippen molar-refractivity contribution in [2.24, 2.45) is 23.7 Å². The molecule has 0 unspecified atom stereocenters. The van der Waals surface area contributed by atoms with Crippen molar-refractivity contribution in [2.45, 2.75) is 205 Å². The van der Waals surface area contributed by atoms with Gasteiger partial charge >= 0.3 is 11.9 Å². The first-order valence-corrected chi connectivity index (χ1v) is 25.7. The lowest BCUT2D eigenvalue weighted by molar-refractivity contribution is -0.318. The molecule has 0 spiro atoms. The second-order valence-electron chi connectivity index (χ2n) is 21.1. The number of ether oxygens (including phenoxy) is 8. The van der Waals surface area contributed by atoms with E-state index in [1.165, 1.54) is 27.9 Å². The average molecular weight is 1020 g/mol. The Kier molecular flexibility index (Phi) is 20.8. The number of ketones is 1. The number of aliphatic hydroxyl groups is 5. The number of Topliss-reactive ketones (excluding diaryl/α,β-unsaturated/α-hetero) is 1. The normalized spacial score (nSPS) is 38.5. The fourth-order valence-corrected chi connectivity index (χ4v) is 10.7. The predicted octanol–water partition coefficient (Wildman–Crippen LogP) is 3.64. The minimum atomic E-state index is -2.04. The topological polar surface area (TPSA) is 260 Å². The van der Waals surface area contributed by atoms with E-state index in [4.69, 9.17) is 37.9 Å². The van der Waals surface area contributed by atoms with Crippen LogP contribution >= 0.6 is 0 Å². The summed E-state index contributed by atoms with van der Waals surface area (Å²) < 4.78 is 50.6. The predicted molar refractivity (Wildman–Crippen MR) is 261 cm³/mol. The Morgan fingerprint density at radius 2 is 1.64 bits per heavy atom. The third-order valence-corrected chi connectivity index (χ3v) is 15.2. The fraction of sp³-hybridized carbons (Fsp3) is 0.788. The first-order valence-electron chi connectivity index (χ1n) is 25.7. The van der Waals surface area contributed by atoms with Crippen molar-refractivity contribution >= 4 is 17.7 Å². The average Bonchev–Trinajstić information content (AvgIpc) is 3.80. The molecule has 3 aliphatic rings. The molecule has 5 rings (SSSR count). The van der Waals surface area contributed by atoms with Crippen LogP contribution in [0.15, 0.2) is 30.5 Å². The SMILES string of the molecule is CCOC(=O)c1ccccc1OCCCn1cc(CCN(C)[C@H]2C[C@@H](C)O[C@@H](O[C@@H]3[C@@H](C)[C@H](O[C@H]4C[C@@](C)(OC)[C@@H](O)[C@H](C)O4)[C@@H](C)C(=O)O[C@H](CC)[C@](C)(O)[C@H](O)[C@H](C)C(=O)[C@H](C)C[C@@]3(C)O)[C@@H]2O)nn1. The van der Waals surface area contributed by atoms with Crippen LogP contribution < -0.4 is 4.74 Å². The summed E-state index contributed by atoms with van der Waals surface area (Å²) >= 11 is 0. The standard InChI is InChI=1S/C52H84N4O16/c1-14-39-52(11,64)44(59)31(5)41(57)29(3)26-50(9,63)46(32(6)43(33(7)47(61)70-39)71-40-27-51(10,65-13)45(60)34(8)69-40)72-49-42(58)37(25-30(4)68-49)55(12)23-21-35-28-56(54-53-35)22-18-24-67-38-20-17-16-19-36(38)48(62)66-15-2/h16-17,19-20,28-34,37,39-40,42-46,49,58-60,63-64H,14-15,18,21-27H2,1-13H3/t29-,30-,31-,32+,33-,34+,37+,39-,40+,42-,43+,44-,45+,46-,49+,50-,51-,52+/m1/s1. The fourth-order valence-electron chi connectivity index (χ4n) is 10.7. The molecule has 1 aromatic heterocycles. The molecule has 5 N–H and O–H groups in total. The van der Waals surface area contributed by atoms with Crippen molar-refractivity contribution in [1.29, 1.82) is 0 Å². The molecule has 0 bridgehead atoms. The zero-order chi connectivity index (χ0) is 53.5. The van der Waals surface area contributed by atoms with Crippen LogP contribution in [0.1, 0.15) is 124 Å². The monoisotopic (exact) mass is 1020 g/mol. The maximum absolute atomic E-state index is 14.4. The maximum Gasteiger partial charge on any atom is 0.341 e. The number of methoxy groups -OCH3 is 1. The van der Waals surface area contributed by atoms with Gasteiger partial charge in [-0.2, -0.15) is 0 Å². The van der Waals surface area contributed by atoms with Gasteiger partial charge in [-0.15, -0.1) is 5.10 Å². The minimum Gasteiger partial charge on any atom is -0.493 e. The van der Waals surface area contributed by atoms with Crippen LogP contribution in [0.2, 0.25) is 0 Å². The van der Waals surface area contributed by atoms with E-state index in [1.54, 1.807) is 77.4 Å². The summed E-state index contributed by atoms with van der Waals surface area (Å²) in [6.45, 7) is 19.6. The summed E-state index contributed by atoms with van der Waals surface area (Å²) in [6, 6.07) is 6.45. The van der Waals surface area contributed by atoms with Crippen molar-refractivity contribution in [1.82, 2.24) is 19.9 Å². The van der Waals surface area contributed by atoms with Crippen molar-refractivity contribution < 1.29 is 77.8 Å². The summed E-state index contributed by atoms with van der Waals surface area (Å²) in [5, 5.41) is 67.8. The van der Waals surface area contributed by atoms with Crippen LogP contribution in [0.5, 0.6) is 5.75 Å². The number of likely N-dealkylation sites (N-methyl/N-ethyl adjacent to an activating group) is 1. The third kappa shape index (κ3) is 14.0. The largest absolute Gasteiger partial charge is 0.493 e.